The first kappa shape index (κ1) is 22.5. The molecule has 170 valence electrons. The van der Waals surface area contributed by atoms with Crippen LogP contribution in [0.15, 0.2) is 41.3 Å². The number of benzene rings is 2. The maximum atomic E-state index is 12.9. The second kappa shape index (κ2) is 9.05. The number of methoxy groups -OCH3 is 2. The Morgan fingerprint density at radius 3 is 2.41 bits per heavy atom. The van der Waals surface area contributed by atoms with E-state index in [1.807, 2.05) is 19.1 Å². The number of aryl methyl sites for hydroxylation is 1. The molecule has 0 unspecified atom stereocenters. The molecular formula is C22H25N3O5S2. The average molecular weight is 476 g/mol. The van der Waals surface area contributed by atoms with E-state index < -0.39 is 10.0 Å². The molecule has 1 saturated heterocycles. The number of fused-ring (bicyclic) bond motifs is 1. The lowest BCUT2D eigenvalue weighted by Crippen LogP contribution is -2.41. The molecule has 2 aromatic carbocycles. The summed E-state index contributed by atoms with van der Waals surface area (Å²) in [4.78, 5) is 17.6. The van der Waals surface area contributed by atoms with Gasteiger partial charge in [-0.25, -0.2) is 13.4 Å². The predicted octanol–water partition coefficient (Wildman–Crippen LogP) is 3.66. The van der Waals surface area contributed by atoms with Gasteiger partial charge in [0.25, 0.3) is 0 Å². The monoisotopic (exact) mass is 475 g/mol. The van der Waals surface area contributed by atoms with Crippen molar-refractivity contribution in [2.24, 2.45) is 5.92 Å². The normalized spacial score (nSPS) is 15.6. The number of aromatic nitrogens is 1. The van der Waals surface area contributed by atoms with Crippen LogP contribution in [-0.2, 0) is 14.8 Å². The Morgan fingerprint density at radius 1 is 1.09 bits per heavy atom. The second-order valence-electron chi connectivity index (χ2n) is 7.62. The van der Waals surface area contributed by atoms with E-state index >= 15 is 0 Å². The third-order valence-corrected chi connectivity index (χ3v) is 8.69. The number of sulfonamides is 1. The summed E-state index contributed by atoms with van der Waals surface area (Å²) in [5, 5.41) is 3.43. The lowest BCUT2D eigenvalue weighted by atomic mass is 9.97. The molecule has 0 bridgehead atoms. The van der Waals surface area contributed by atoms with E-state index in [4.69, 9.17) is 9.47 Å². The fourth-order valence-electron chi connectivity index (χ4n) is 3.79. The summed E-state index contributed by atoms with van der Waals surface area (Å²) < 4.78 is 38.7. The highest BCUT2D eigenvalue weighted by atomic mass is 32.2. The number of ether oxygens (including phenoxy) is 2. The number of hydrogen-bond donors (Lipinski definition) is 1. The number of anilines is 1. The van der Waals surface area contributed by atoms with Gasteiger partial charge in [-0.3, -0.25) is 4.79 Å². The van der Waals surface area contributed by atoms with E-state index in [9.17, 15) is 13.2 Å². The van der Waals surface area contributed by atoms with Crippen molar-refractivity contribution >= 4 is 42.6 Å². The highest BCUT2D eigenvalue weighted by Gasteiger charge is 2.32. The minimum Gasteiger partial charge on any atom is -0.497 e. The molecule has 0 radical (unpaired) electrons. The van der Waals surface area contributed by atoms with Crippen molar-refractivity contribution in [3.63, 3.8) is 0 Å². The van der Waals surface area contributed by atoms with Crippen LogP contribution in [0, 0.1) is 12.8 Å². The molecule has 1 aromatic heterocycles. The maximum absolute atomic E-state index is 12.9. The quantitative estimate of drug-likeness (QED) is 0.584. The van der Waals surface area contributed by atoms with Crippen LogP contribution in [0.25, 0.3) is 10.2 Å². The Hall–Kier alpha value is -2.69. The van der Waals surface area contributed by atoms with Crippen molar-refractivity contribution in [1.82, 2.24) is 9.29 Å². The maximum Gasteiger partial charge on any atom is 0.243 e. The first-order valence-electron chi connectivity index (χ1n) is 10.2. The van der Waals surface area contributed by atoms with Crippen LogP contribution >= 0.6 is 11.3 Å². The van der Waals surface area contributed by atoms with Crippen LogP contribution in [0.5, 0.6) is 11.5 Å². The van der Waals surface area contributed by atoms with Gasteiger partial charge in [-0.05, 0) is 55.7 Å². The summed E-state index contributed by atoms with van der Waals surface area (Å²) in [6.45, 7) is 2.57. The SMILES string of the molecule is COc1ccc(S(=O)(=O)N2CCC(C(=O)Nc3nc4c(OC)ccc(C)c4s3)CC2)cc1. The summed E-state index contributed by atoms with van der Waals surface area (Å²) in [6, 6.07) is 10.2. The van der Waals surface area contributed by atoms with E-state index in [1.54, 1.807) is 19.2 Å². The van der Waals surface area contributed by atoms with Gasteiger partial charge in [0.05, 0.1) is 23.8 Å². The molecule has 1 fully saturated rings. The van der Waals surface area contributed by atoms with Crippen LogP contribution in [0.1, 0.15) is 18.4 Å². The summed E-state index contributed by atoms with van der Waals surface area (Å²) in [6.07, 6.45) is 0.906. The van der Waals surface area contributed by atoms with Crippen molar-refractivity contribution in [3.8, 4) is 11.5 Å². The topological polar surface area (TPSA) is 97.8 Å². The lowest BCUT2D eigenvalue weighted by Gasteiger charge is -2.30. The third-order valence-electron chi connectivity index (χ3n) is 5.68. The molecule has 1 N–H and O–H groups in total. The number of amides is 1. The first-order chi connectivity index (χ1) is 15.3. The van der Waals surface area contributed by atoms with Crippen LogP contribution in [0.4, 0.5) is 5.13 Å². The van der Waals surface area contributed by atoms with E-state index in [0.29, 0.717) is 42.6 Å². The van der Waals surface area contributed by atoms with E-state index in [1.165, 1.54) is 34.9 Å². The smallest absolute Gasteiger partial charge is 0.243 e. The van der Waals surface area contributed by atoms with Gasteiger partial charge in [0.2, 0.25) is 15.9 Å². The molecule has 0 saturated carbocycles. The van der Waals surface area contributed by atoms with Crippen LogP contribution in [-0.4, -0.2) is 50.9 Å². The molecule has 1 aliphatic rings. The van der Waals surface area contributed by atoms with Crippen molar-refractivity contribution < 1.29 is 22.7 Å². The predicted molar refractivity (Wildman–Crippen MR) is 124 cm³/mol. The van der Waals surface area contributed by atoms with Gasteiger partial charge in [0, 0.05) is 19.0 Å². The van der Waals surface area contributed by atoms with Gasteiger partial charge in [-0.15, -0.1) is 0 Å². The highest BCUT2D eigenvalue weighted by molar-refractivity contribution is 7.89. The van der Waals surface area contributed by atoms with Crippen molar-refractivity contribution in [3.05, 3.63) is 42.0 Å². The van der Waals surface area contributed by atoms with Gasteiger partial charge in [-0.2, -0.15) is 4.31 Å². The van der Waals surface area contributed by atoms with Crippen molar-refractivity contribution in [2.45, 2.75) is 24.7 Å². The number of nitrogens with one attached hydrogen (secondary N) is 1. The van der Waals surface area contributed by atoms with Gasteiger partial charge in [0.15, 0.2) is 5.13 Å². The molecule has 4 rings (SSSR count). The average Bonchev–Trinajstić information content (AvgIpc) is 3.24. The lowest BCUT2D eigenvalue weighted by molar-refractivity contribution is -0.120. The number of hydrogen-bond acceptors (Lipinski definition) is 7. The standard InChI is InChI=1S/C22H25N3O5S2/c1-14-4-9-18(30-3)19-20(14)31-22(23-19)24-21(26)15-10-12-25(13-11-15)32(27,28)17-7-5-16(29-2)6-8-17/h4-9,15H,10-13H2,1-3H3,(H,23,24,26). The number of piperidine rings is 1. The zero-order valence-corrected chi connectivity index (χ0v) is 19.8. The highest BCUT2D eigenvalue weighted by Crippen LogP contribution is 2.35. The minimum atomic E-state index is -3.60. The molecule has 0 atom stereocenters. The molecule has 1 amide bonds. The summed E-state index contributed by atoms with van der Waals surface area (Å²) >= 11 is 1.41. The Labute approximate surface area is 191 Å². The fraction of sp³-hybridized carbons (Fsp3) is 0.364. The summed E-state index contributed by atoms with van der Waals surface area (Å²) in [5.74, 6) is 0.857. The summed E-state index contributed by atoms with van der Waals surface area (Å²) in [7, 11) is -0.477. The second-order valence-corrected chi connectivity index (χ2v) is 10.6. The van der Waals surface area contributed by atoms with Gasteiger partial charge < -0.3 is 14.8 Å². The van der Waals surface area contributed by atoms with Gasteiger partial charge >= 0.3 is 0 Å². The van der Waals surface area contributed by atoms with Crippen LogP contribution in [0.2, 0.25) is 0 Å². The largest absolute Gasteiger partial charge is 0.497 e. The fourth-order valence-corrected chi connectivity index (χ4v) is 6.21. The number of carbonyl (C=O) groups excluding carboxylic acids is 1. The molecule has 3 aromatic rings. The van der Waals surface area contributed by atoms with Crippen LogP contribution < -0.4 is 14.8 Å². The first-order valence-corrected chi connectivity index (χ1v) is 12.5. The Kier molecular flexibility index (Phi) is 6.36. The zero-order valence-electron chi connectivity index (χ0n) is 18.1. The third kappa shape index (κ3) is 4.30. The Balaban J connectivity index is 1.41. The molecule has 0 spiro atoms. The zero-order chi connectivity index (χ0) is 22.9. The Bertz CT molecular complexity index is 1230. The number of carbonyl (C=O) groups is 1. The Morgan fingerprint density at radius 2 is 1.78 bits per heavy atom. The molecule has 32 heavy (non-hydrogen) atoms. The number of nitrogens with zero attached hydrogens (tertiary/aromatic N) is 2. The summed E-state index contributed by atoms with van der Waals surface area (Å²) in [5.41, 5.74) is 1.80. The molecular weight excluding hydrogens is 450 g/mol. The molecule has 2 heterocycles. The number of thiazole rings is 1. The van der Waals surface area contributed by atoms with E-state index in [0.717, 1.165) is 15.8 Å². The number of rotatable bonds is 6. The molecule has 8 nitrogen and oxygen atoms in total. The molecule has 0 aliphatic carbocycles. The van der Waals surface area contributed by atoms with E-state index in [2.05, 4.69) is 10.3 Å². The van der Waals surface area contributed by atoms with Crippen molar-refractivity contribution in [1.29, 1.82) is 0 Å². The van der Waals surface area contributed by atoms with Crippen molar-refractivity contribution in [2.75, 3.05) is 32.6 Å². The van der Waals surface area contributed by atoms with Gasteiger partial charge in [0.1, 0.15) is 17.0 Å². The molecule has 10 heteroatoms. The van der Waals surface area contributed by atoms with E-state index in [-0.39, 0.29) is 16.7 Å². The van der Waals surface area contributed by atoms with Crippen LogP contribution in [0.3, 0.4) is 0 Å². The molecule has 1 aliphatic heterocycles. The minimum absolute atomic E-state index is 0.137. The van der Waals surface area contributed by atoms with Gasteiger partial charge in [-0.1, -0.05) is 17.4 Å².